The van der Waals surface area contributed by atoms with E-state index in [-0.39, 0.29) is 11.9 Å². The highest BCUT2D eigenvalue weighted by molar-refractivity contribution is 6.04. The van der Waals surface area contributed by atoms with Crippen LogP contribution < -0.4 is 20.3 Å². The van der Waals surface area contributed by atoms with E-state index in [1.54, 1.807) is 6.20 Å². The van der Waals surface area contributed by atoms with Crippen molar-refractivity contribution in [2.24, 2.45) is 0 Å². The van der Waals surface area contributed by atoms with Gasteiger partial charge >= 0.3 is 0 Å². The normalized spacial score (nSPS) is 16.2. The van der Waals surface area contributed by atoms with Crippen LogP contribution in [0.3, 0.4) is 0 Å². The summed E-state index contributed by atoms with van der Waals surface area (Å²) in [5.41, 5.74) is 2.52. The number of nitrogens with zero attached hydrogens (tertiary/aromatic N) is 2. The zero-order chi connectivity index (χ0) is 20.8. The number of piperazine rings is 1. The van der Waals surface area contributed by atoms with E-state index >= 15 is 0 Å². The second-order valence-corrected chi connectivity index (χ2v) is 7.18. The maximum absolute atomic E-state index is 12.5. The van der Waals surface area contributed by atoms with Crippen LogP contribution in [0.2, 0.25) is 0 Å². The fourth-order valence-electron chi connectivity index (χ4n) is 3.58. The number of rotatable bonds is 6. The van der Waals surface area contributed by atoms with Crippen LogP contribution in [0.1, 0.15) is 28.9 Å². The molecule has 0 radical (unpaired) electrons. The first-order valence-electron chi connectivity index (χ1n) is 10.3. The van der Waals surface area contributed by atoms with Gasteiger partial charge in [-0.25, -0.2) is 4.98 Å². The molecule has 1 aliphatic heterocycles. The Hall–Kier alpha value is -3.38. The van der Waals surface area contributed by atoms with Gasteiger partial charge in [-0.2, -0.15) is 0 Å². The van der Waals surface area contributed by atoms with E-state index in [0.717, 1.165) is 36.9 Å². The van der Waals surface area contributed by atoms with Crippen LogP contribution in [0, 0.1) is 0 Å². The number of ether oxygens (including phenoxy) is 1. The van der Waals surface area contributed by atoms with Crippen molar-refractivity contribution in [1.82, 2.24) is 10.3 Å². The summed E-state index contributed by atoms with van der Waals surface area (Å²) in [5, 5.41) is 6.46. The SMILES string of the molecule is CCOc1ccc(NC(=O)c2ccc(N3CCNC(c4ccccc4)C3)nc2)cc1. The Morgan fingerprint density at radius 2 is 1.93 bits per heavy atom. The van der Waals surface area contributed by atoms with Gasteiger partial charge in [0.25, 0.3) is 5.91 Å². The third kappa shape index (κ3) is 4.78. The molecular weight excluding hydrogens is 376 g/mol. The van der Waals surface area contributed by atoms with Crippen molar-refractivity contribution >= 4 is 17.4 Å². The molecule has 0 saturated carbocycles. The number of nitrogens with one attached hydrogen (secondary N) is 2. The van der Waals surface area contributed by atoms with Gasteiger partial charge in [0.2, 0.25) is 0 Å². The van der Waals surface area contributed by atoms with Crippen LogP contribution in [0.5, 0.6) is 5.75 Å². The largest absolute Gasteiger partial charge is 0.494 e. The molecule has 2 N–H and O–H groups in total. The molecule has 30 heavy (non-hydrogen) atoms. The summed E-state index contributed by atoms with van der Waals surface area (Å²) in [4.78, 5) is 19.3. The molecule has 0 bridgehead atoms. The number of carbonyl (C=O) groups excluding carboxylic acids is 1. The van der Waals surface area contributed by atoms with Crippen molar-refractivity contribution in [3.8, 4) is 5.75 Å². The summed E-state index contributed by atoms with van der Waals surface area (Å²) in [7, 11) is 0. The molecule has 4 rings (SSSR count). The van der Waals surface area contributed by atoms with Crippen LogP contribution in [0.4, 0.5) is 11.5 Å². The van der Waals surface area contributed by atoms with Crippen molar-refractivity contribution in [1.29, 1.82) is 0 Å². The molecule has 0 aliphatic carbocycles. The number of hydrogen-bond donors (Lipinski definition) is 2. The van der Waals surface area contributed by atoms with Gasteiger partial charge in [-0.1, -0.05) is 30.3 Å². The molecule has 1 atom stereocenters. The van der Waals surface area contributed by atoms with Crippen LogP contribution in [-0.4, -0.2) is 37.1 Å². The van der Waals surface area contributed by atoms with Crippen molar-refractivity contribution < 1.29 is 9.53 Å². The molecule has 154 valence electrons. The maximum Gasteiger partial charge on any atom is 0.257 e. The van der Waals surface area contributed by atoms with Gasteiger partial charge in [0.05, 0.1) is 12.2 Å². The fraction of sp³-hybridized carbons (Fsp3) is 0.250. The molecule has 1 amide bonds. The van der Waals surface area contributed by atoms with E-state index in [4.69, 9.17) is 4.74 Å². The van der Waals surface area contributed by atoms with Crippen LogP contribution >= 0.6 is 0 Å². The molecule has 6 heteroatoms. The van der Waals surface area contributed by atoms with Crippen LogP contribution in [0.25, 0.3) is 0 Å². The van der Waals surface area contributed by atoms with Gasteiger partial charge in [-0.15, -0.1) is 0 Å². The van der Waals surface area contributed by atoms with Crippen molar-refractivity contribution in [3.05, 3.63) is 84.1 Å². The lowest BCUT2D eigenvalue weighted by Crippen LogP contribution is -2.46. The average Bonchev–Trinajstić information content (AvgIpc) is 2.81. The minimum Gasteiger partial charge on any atom is -0.494 e. The minimum absolute atomic E-state index is 0.180. The predicted octanol–water partition coefficient (Wildman–Crippen LogP) is 3.88. The van der Waals surface area contributed by atoms with Gasteiger partial charge < -0.3 is 20.3 Å². The molecule has 1 aromatic heterocycles. The number of benzene rings is 2. The fourth-order valence-corrected chi connectivity index (χ4v) is 3.58. The number of pyridine rings is 1. The zero-order valence-electron chi connectivity index (χ0n) is 17.0. The first-order valence-corrected chi connectivity index (χ1v) is 10.3. The molecule has 3 aromatic rings. The maximum atomic E-state index is 12.5. The van der Waals surface area contributed by atoms with Crippen molar-refractivity contribution in [3.63, 3.8) is 0 Å². The van der Waals surface area contributed by atoms with Gasteiger partial charge in [-0.3, -0.25) is 4.79 Å². The van der Waals surface area contributed by atoms with Crippen molar-refractivity contribution in [2.75, 3.05) is 36.5 Å². The number of hydrogen-bond acceptors (Lipinski definition) is 5. The molecule has 1 unspecified atom stereocenters. The summed E-state index contributed by atoms with van der Waals surface area (Å²) >= 11 is 0. The lowest BCUT2D eigenvalue weighted by molar-refractivity contribution is 0.102. The molecule has 2 aromatic carbocycles. The highest BCUT2D eigenvalue weighted by Crippen LogP contribution is 2.22. The van der Waals surface area contributed by atoms with E-state index in [1.807, 2.05) is 49.4 Å². The lowest BCUT2D eigenvalue weighted by Gasteiger charge is -2.34. The Morgan fingerprint density at radius 1 is 1.13 bits per heavy atom. The molecule has 1 fully saturated rings. The second kappa shape index (κ2) is 9.41. The Labute approximate surface area is 176 Å². The van der Waals surface area contributed by atoms with E-state index in [1.165, 1.54) is 5.56 Å². The minimum atomic E-state index is -0.180. The van der Waals surface area contributed by atoms with Crippen LogP contribution in [0.15, 0.2) is 72.9 Å². The summed E-state index contributed by atoms with van der Waals surface area (Å²) in [6, 6.07) is 21.8. The van der Waals surface area contributed by atoms with Gasteiger partial charge in [0.15, 0.2) is 0 Å². The smallest absolute Gasteiger partial charge is 0.257 e. The van der Waals surface area contributed by atoms with Gasteiger partial charge in [0, 0.05) is 37.6 Å². The summed E-state index contributed by atoms with van der Waals surface area (Å²) in [6.45, 7) is 5.17. The number of anilines is 2. The van der Waals surface area contributed by atoms with Crippen LogP contribution in [-0.2, 0) is 0 Å². The van der Waals surface area contributed by atoms with Gasteiger partial charge in [-0.05, 0) is 48.9 Å². The topological polar surface area (TPSA) is 66.5 Å². The third-order valence-corrected chi connectivity index (χ3v) is 5.13. The second-order valence-electron chi connectivity index (χ2n) is 7.18. The molecule has 2 heterocycles. The van der Waals surface area contributed by atoms with E-state index in [9.17, 15) is 4.79 Å². The van der Waals surface area contributed by atoms with Gasteiger partial charge in [0.1, 0.15) is 11.6 Å². The summed E-state index contributed by atoms with van der Waals surface area (Å²) in [6.07, 6.45) is 1.64. The first-order chi connectivity index (χ1) is 14.7. The highest BCUT2D eigenvalue weighted by Gasteiger charge is 2.21. The first kappa shape index (κ1) is 19.9. The third-order valence-electron chi connectivity index (χ3n) is 5.13. The Kier molecular flexibility index (Phi) is 6.25. The Bertz CT molecular complexity index is 959. The van der Waals surface area contributed by atoms with E-state index in [0.29, 0.717) is 12.2 Å². The zero-order valence-corrected chi connectivity index (χ0v) is 17.0. The molecule has 0 spiro atoms. The highest BCUT2D eigenvalue weighted by atomic mass is 16.5. The number of aromatic nitrogens is 1. The summed E-state index contributed by atoms with van der Waals surface area (Å²) in [5.74, 6) is 1.49. The Morgan fingerprint density at radius 3 is 2.63 bits per heavy atom. The number of carbonyl (C=O) groups is 1. The Balaban J connectivity index is 1.39. The van der Waals surface area contributed by atoms with Crippen molar-refractivity contribution in [2.45, 2.75) is 13.0 Å². The van der Waals surface area contributed by atoms with E-state index < -0.39 is 0 Å². The van der Waals surface area contributed by atoms with E-state index in [2.05, 4.69) is 44.8 Å². The quantitative estimate of drug-likeness (QED) is 0.655. The molecule has 6 nitrogen and oxygen atoms in total. The monoisotopic (exact) mass is 402 g/mol. The molecule has 1 aliphatic rings. The molecular formula is C24H26N4O2. The predicted molar refractivity (Wildman–Crippen MR) is 119 cm³/mol. The average molecular weight is 402 g/mol. The number of amides is 1. The summed E-state index contributed by atoms with van der Waals surface area (Å²) < 4.78 is 5.43. The lowest BCUT2D eigenvalue weighted by atomic mass is 10.0. The standard InChI is InChI=1S/C24H26N4O2/c1-2-30-21-11-9-20(10-12-21)27-24(29)19-8-13-23(26-16-19)28-15-14-25-22(17-28)18-6-4-3-5-7-18/h3-13,16,22,25H,2,14-15,17H2,1H3,(H,27,29). The molecule has 1 saturated heterocycles.